The summed E-state index contributed by atoms with van der Waals surface area (Å²) in [6.45, 7) is 4.24. The number of halogens is 1. The molecule has 0 saturated carbocycles. The maximum Gasteiger partial charge on any atom is 0.242 e. The highest BCUT2D eigenvalue weighted by molar-refractivity contribution is 7.89. The summed E-state index contributed by atoms with van der Waals surface area (Å²) in [5, 5.41) is 8.82. The first kappa shape index (κ1) is 19.4. The monoisotopic (exact) mass is 377 g/mol. The van der Waals surface area contributed by atoms with Gasteiger partial charge in [-0.15, -0.1) is 0 Å². The van der Waals surface area contributed by atoms with Gasteiger partial charge in [-0.2, -0.15) is 5.26 Å². The summed E-state index contributed by atoms with van der Waals surface area (Å²) in [6.07, 6.45) is 0. The lowest BCUT2D eigenvalue weighted by molar-refractivity contribution is 0.572. The molecule has 0 radical (unpaired) electrons. The number of nitrogens with one attached hydrogen (secondary N) is 1. The van der Waals surface area contributed by atoms with Gasteiger partial charge in [0.1, 0.15) is 4.90 Å². The lowest BCUT2D eigenvalue weighted by atomic mass is 9.99. The number of nitrogens with two attached hydrogens (primary N) is 1. The number of hydrogen-bond donors (Lipinski definition) is 2. The first-order valence-electron chi connectivity index (χ1n) is 7.79. The van der Waals surface area contributed by atoms with Crippen molar-refractivity contribution in [2.24, 2.45) is 5.73 Å². The highest BCUT2D eigenvalue weighted by atomic mass is 35.5. The molecule has 2 aromatic carbocycles. The van der Waals surface area contributed by atoms with Gasteiger partial charge in [-0.25, -0.2) is 13.1 Å². The average molecular weight is 378 g/mol. The minimum absolute atomic E-state index is 0.00130. The van der Waals surface area contributed by atoms with Crippen LogP contribution in [0.2, 0.25) is 5.02 Å². The Bertz CT molecular complexity index is 888. The maximum atomic E-state index is 12.4. The maximum absolute atomic E-state index is 12.4. The molecule has 0 amide bonds. The number of rotatable bonds is 6. The minimum Gasteiger partial charge on any atom is -0.323 e. The van der Waals surface area contributed by atoms with Crippen molar-refractivity contribution >= 4 is 21.6 Å². The lowest BCUT2D eigenvalue weighted by Gasteiger charge is -2.15. The fraction of sp³-hybridized carbons (Fsp3) is 0.278. The molecule has 0 aliphatic carbocycles. The molecule has 0 saturated heterocycles. The molecule has 0 bridgehead atoms. The predicted octanol–water partition coefficient (Wildman–Crippen LogP) is 3.31. The zero-order valence-corrected chi connectivity index (χ0v) is 15.6. The molecule has 132 valence electrons. The smallest absolute Gasteiger partial charge is 0.242 e. The van der Waals surface area contributed by atoms with Gasteiger partial charge in [0, 0.05) is 12.6 Å². The van der Waals surface area contributed by atoms with Crippen molar-refractivity contribution in [3.8, 4) is 6.07 Å². The van der Waals surface area contributed by atoms with Crippen molar-refractivity contribution in [1.29, 1.82) is 5.26 Å². The van der Waals surface area contributed by atoms with Gasteiger partial charge in [-0.1, -0.05) is 49.7 Å². The summed E-state index contributed by atoms with van der Waals surface area (Å²) in [5.74, 6) is 0.419. The van der Waals surface area contributed by atoms with Crippen molar-refractivity contribution in [3.63, 3.8) is 0 Å². The second-order valence-electron chi connectivity index (χ2n) is 6.04. The van der Waals surface area contributed by atoms with E-state index in [2.05, 4.69) is 18.6 Å². The van der Waals surface area contributed by atoms with Crippen LogP contribution in [0.3, 0.4) is 0 Å². The third-order valence-corrected chi connectivity index (χ3v) is 5.78. The molecule has 1 unspecified atom stereocenters. The summed E-state index contributed by atoms with van der Waals surface area (Å²) in [6, 6.07) is 13.3. The summed E-state index contributed by atoms with van der Waals surface area (Å²) in [7, 11) is -3.81. The van der Waals surface area contributed by atoms with E-state index in [1.54, 1.807) is 0 Å². The third kappa shape index (κ3) is 4.80. The highest BCUT2D eigenvalue weighted by Crippen LogP contribution is 2.23. The van der Waals surface area contributed by atoms with Crippen molar-refractivity contribution in [2.75, 3.05) is 6.54 Å². The topological polar surface area (TPSA) is 96.0 Å². The van der Waals surface area contributed by atoms with Gasteiger partial charge in [0.2, 0.25) is 10.0 Å². The van der Waals surface area contributed by atoms with E-state index in [4.69, 9.17) is 22.6 Å². The molecular weight excluding hydrogens is 358 g/mol. The fourth-order valence-corrected chi connectivity index (χ4v) is 3.91. The van der Waals surface area contributed by atoms with Crippen LogP contribution < -0.4 is 10.5 Å². The van der Waals surface area contributed by atoms with Crippen LogP contribution in [0, 0.1) is 11.3 Å². The molecule has 25 heavy (non-hydrogen) atoms. The van der Waals surface area contributed by atoms with Crippen LogP contribution in [0.1, 0.15) is 42.5 Å². The van der Waals surface area contributed by atoms with Crippen molar-refractivity contribution in [2.45, 2.75) is 30.7 Å². The normalized spacial score (nSPS) is 12.8. The number of nitriles is 1. The van der Waals surface area contributed by atoms with Crippen LogP contribution >= 0.6 is 11.6 Å². The standard InChI is InChI=1S/C18H20ClN3O2S/c1-12(2)14-4-6-15(7-5-14)17(21)11-22-25(23,24)18-8-3-13(10-20)9-16(18)19/h3-9,12,17,22H,11,21H2,1-2H3. The Labute approximate surface area is 153 Å². The Hall–Kier alpha value is -1.91. The zero-order valence-electron chi connectivity index (χ0n) is 14.0. The first-order valence-corrected chi connectivity index (χ1v) is 9.65. The molecule has 5 nitrogen and oxygen atoms in total. The largest absolute Gasteiger partial charge is 0.323 e. The Morgan fingerprint density at radius 2 is 1.76 bits per heavy atom. The summed E-state index contributed by atoms with van der Waals surface area (Å²) >= 11 is 5.97. The zero-order chi connectivity index (χ0) is 18.6. The van der Waals surface area contributed by atoms with Crippen LogP contribution in [-0.2, 0) is 10.0 Å². The van der Waals surface area contributed by atoms with Crippen molar-refractivity contribution in [1.82, 2.24) is 4.72 Å². The Morgan fingerprint density at radius 3 is 2.28 bits per heavy atom. The average Bonchev–Trinajstić information content (AvgIpc) is 2.59. The molecule has 0 aliphatic rings. The SMILES string of the molecule is CC(C)c1ccc(C(N)CNS(=O)(=O)c2ccc(C#N)cc2Cl)cc1. The van der Waals surface area contributed by atoms with Gasteiger partial charge >= 0.3 is 0 Å². The van der Waals surface area contributed by atoms with Gasteiger partial charge in [0.05, 0.1) is 16.7 Å². The number of hydrogen-bond acceptors (Lipinski definition) is 4. The van der Waals surface area contributed by atoms with E-state index in [-0.39, 0.29) is 16.5 Å². The van der Waals surface area contributed by atoms with E-state index in [0.29, 0.717) is 11.5 Å². The molecule has 0 fully saturated rings. The Balaban J connectivity index is 2.10. The Morgan fingerprint density at radius 1 is 1.16 bits per heavy atom. The van der Waals surface area contributed by atoms with Gasteiger partial charge in [-0.05, 0) is 35.2 Å². The molecule has 2 rings (SSSR count). The van der Waals surface area contributed by atoms with E-state index in [1.807, 2.05) is 30.3 Å². The van der Waals surface area contributed by atoms with E-state index in [1.165, 1.54) is 23.8 Å². The molecular formula is C18H20ClN3O2S. The van der Waals surface area contributed by atoms with E-state index in [9.17, 15) is 8.42 Å². The highest BCUT2D eigenvalue weighted by Gasteiger charge is 2.19. The number of nitrogens with zero attached hydrogens (tertiary/aromatic N) is 1. The summed E-state index contributed by atoms with van der Waals surface area (Å²) in [4.78, 5) is -0.0736. The van der Waals surface area contributed by atoms with Gasteiger partial charge < -0.3 is 5.73 Å². The first-order chi connectivity index (χ1) is 11.7. The van der Waals surface area contributed by atoms with Crippen LogP contribution in [0.4, 0.5) is 0 Å². The van der Waals surface area contributed by atoms with Crippen LogP contribution in [0.25, 0.3) is 0 Å². The van der Waals surface area contributed by atoms with Gasteiger partial charge in [0.25, 0.3) is 0 Å². The van der Waals surface area contributed by atoms with E-state index < -0.39 is 16.1 Å². The molecule has 0 spiro atoms. The quantitative estimate of drug-likeness (QED) is 0.807. The number of sulfonamides is 1. The second-order valence-corrected chi connectivity index (χ2v) is 8.18. The van der Waals surface area contributed by atoms with Crippen molar-refractivity contribution in [3.05, 3.63) is 64.2 Å². The van der Waals surface area contributed by atoms with Gasteiger partial charge in [0.15, 0.2) is 0 Å². The predicted molar refractivity (Wildman–Crippen MR) is 98.8 cm³/mol. The third-order valence-electron chi connectivity index (χ3n) is 3.88. The molecule has 0 heterocycles. The summed E-state index contributed by atoms with van der Waals surface area (Å²) < 4.78 is 27.3. The molecule has 2 aromatic rings. The Kier molecular flexibility index (Phi) is 6.20. The van der Waals surface area contributed by atoms with E-state index in [0.717, 1.165) is 5.56 Å². The lowest BCUT2D eigenvalue weighted by Crippen LogP contribution is -2.32. The van der Waals surface area contributed by atoms with Crippen molar-refractivity contribution < 1.29 is 8.42 Å². The minimum atomic E-state index is -3.81. The van der Waals surface area contributed by atoms with Crippen LogP contribution in [0.15, 0.2) is 47.4 Å². The molecule has 0 aliphatic heterocycles. The van der Waals surface area contributed by atoms with E-state index >= 15 is 0 Å². The summed E-state index contributed by atoms with van der Waals surface area (Å²) in [5.41, 5.74) is 8.42. The molecule has 1 atom stereocenters. The number of benzene rings is 2. The van der Waals surface area contributed by atoms with Gasteiger partial charge in [-0.3, -0.25) is 0 Å². The second kappa shape index (κ2) is 7.98. The molecule has 7 heteroatoms. The molecule has 0 aromatic heterocycles. The van der Waals surface area contributed by atoms with Crippen LogP contribution in [-0.4, -0.2) is 15.0 Å². The van der Waals surface area contributed by atoms with Crippen LogP contribution in [0.5, 0.6) is 0 Å². The fourth-order valence-electron chi connectivity index (χ4n) is 2.31. The molecule has 3 N–H and O–H groups in total.